The van der Waals surface area contributed by atoms with Gasteiger partial charge in [0.2, 0.25) is 0 Å². The lowest BCUT2D eigenvalue weighted by molar-refractivity contribution is -0.124. The SMILES string of the molecule is Cc1cc(C)c(OCC(=O)N[C@@H]2CCOc3ccccc32)c(C)c1. The van der Waals surface area contributed by atoms with Crippen LogP contribution in [0.3, 0.4) is 0 Å². The van der Waals surface area contributed by atoms with Gasteiger partial charge >= 0.3 is 0 Å². The first kappa shape index (κ1) is 16.4. The maximum atomic E-state index is 12.3. The molecule has 1 N–H and O–H groups in total. The molecule has 0 saturated carbocycles. The Kier molecular flexibility index (Phi) is 4.74. The summed E-state index contributed by atoms with van der Waals surface area (Å²) in [5.41, 5.74) is 4.33. The Morgan fingerprint density at radius 1 is 1.21 bits per heavy atom. The topological polar surface area (TPSA) is 47.6 Å². The van der Waals surface area contributed by atoms with E-state index >= 15 is 0 Å². The highest BCUT2D eigenvalue weighted by Gasteiger charge is 2.22. The summed E-state index contributed by atoms with van der Waals surface area (Å²) >= 11 is 0. The van der Waals surface area contributed by atoms with Crippen LogP contribution >= 0.6 is 0 Å². The van der Waals surface area contributed by atoms with Crippen LogP contribution < -0.4 is 14.8 Å². The number of carbonyl (C=O) groups excluding carboxylic acids is 1. The number of para-hydroxylation sites is 1. The van der Waals surface area contributed by atoms with Crippen LogP contribution in [0.2, 0.25) is 0 Å². The van der Waals surface area contributed by atoms with Crippen LogP contribution in [0.5, 0.6) is 11.5 Å². The highest BCUT2D eigenvalue weighted by Crippen LogP contribution is 2.31. The van der Waals surface area contributed by atoms with Crippen LogP contribution in [0.15, 0.2) is 36.4 Å². The van der Waals surface area contributed by atoms with Crippen molar-refractivity contribution in [3.05, 3.63) is 58.7 Å². The first-order chi connectivity index (χ1) is 11.5. The number of benzene rings is 2. The Bertz CT molecular complexity index is 731. The van der Waals surface area contributed by atoms with Gasteiger partial charge in [-0.25, -0.2) is 0 Å². The van der Waals surface area contributed by atoms with Gasteiger partial charge in [-0.15, -0.1) is 0 Å². The summed E-state index contributed by atoms with van der Waals surface area (Å²) in [7, 11) is 0. The molecule has 126 valence electrons. The number of fused-ring (bicyclic) bond motifs is 1. The predicted molar refractivity (Wildman–Crippen MR) is 93.6 cm³/mol. The zero-order valence-corrected chi connectivity index (χ0v) is 14.4. The van der Waals surface area contributed by atoms with Gasteiger partial charge in [0.25, 0.3) is 5.91 Å². The lowest BCUT2D eigenvalue weighted by atomic mass is 10.0. The molecule has 0 unspecified atom stereocenters. The van der Waals surface area contributed by atoms with Crippen molar-refractivity contribution >= 4 is 5.91 Å². The molecule has 1 aliphatic heterocycles. The van der Waals surface area contributed by atoms with Gasteiger partial charge in [0.15, 0.2) is 6.61 Å². The van der Waals surface area contributed by atoms with Crippen LogP contribution in [0, 0.1) is 20.8 Å². The first-order valence-electron chi connectivity index (χ1n) is 8.26. The van der Waals surface area contributed by atoms with Gasteiger partial charge in [0.1, 0.15) is 11.5 Å². The Morgan fingerprint density at radius 3 is 2.67 bits per heavy atom. The molecule has 2 aromatic rings. The van der Waals surface area contributed by atoms with Gasteiger partial charge in [0, 0.05) is 12.0 Å². The van der Waals surface area contributed by atoms with Crippen molar-refractivity contribution in [3.63, 3.8) is 0 Å². The lowest BCUT2D eigenvalue weighted by Gasteiger charge is -2.26. The van der Waals surface area contributed by atoms with Gasteiger partial charge in [-0.05, 0) is 38.0 Å². The molecule has 3 rings (SSSR count). The van der Waals surface area contributed by atoms with Crippen molar-refractivity contribution in [1.29, 1.82) is 0 Å². The molecule has 0 bridgehead atoms. The first-order valence-corrected chi connectivity index (χ1v) is 8.26. The highest BCUT2D eigenvalue weighted by atomic mass is 16.5. The van der Waals surface area contributed by atoms with Crippen molar-refractivity contribution in [2.45, 2.75) is 33.2 Å². The number of ether oxygens (including phenoxy) is 2. The standard InChI is InChI=1S/C20H23NO3/c1-13-10-14(2)20(15(3)11-13)24-12-19(22)21-17-8-9-23-18-7-5-4-6-16(17)18/h4-7,10-11,17H,8-9,12H2,1-3H3,(H,21,22)/t17-/m1/s1. The predicted octanol–water partition coefficient (Wildman–Crippen LogP) is 3.63. The van der Waals surface area contributed by atoms with Crippen molar-refractivity contribution in [1.82, 2.24) is 5.32 Å². The normalized spacial score (nSPS) is 16.0. The maximum Gasteiger partial charge on any atom is 0.258 e. The van der Waals surface area contributed by atoms with Gasteiger partial charge in [-0.1, -0.05) is 35.9 Å². The van der Waals surface area contributed by atoms with E-state index in [0.717, 1.165) is 34.6 Å². The van der Waals surface area contributed by atoms with E-state index in [9.17, 15) is 4.79 Å². The van der Waals surface area contributed by atoms with E-state index in [1.807, 2.05) is 38.1 Å². The fourth-order valence-corrected chi connectivity index (χ4v) is 3.26. The number of hydrogen-bond acceptors (Lipinski definition) is 3. The van der Waals surface area contributed by atoms with E-state index in [2.05, 4.69) is 24.4 Å². The minimum absolute atomic E-state index is 0.0181. The summed E-state index contributed by atoms with van der Waals surface area (Å²) in [6.07, 6.45) is 0.769. The quantitative estimate of drug-likeness (QED) is 0.934. The van der Waals surface area contributed by atoms with Crippen molar-refractivity contribution in [3.8, 4) is 11.5 Å². The summed E-state index contributed by atoms with van der Waals surface area (Å²) in [5, 5.41) is 3.05. The molecule has 0 saturated heterocycles. The van der Waals surface area contributed by atoms with Gasteiger partial charge in [-0.3, -0.25) is 4.79 Å². The number of rotatable bonds is 4. The number of aryl methyl sites for hydroxylation is 3. The van der Waals surface area contributed by atoms with Crippen LogP contribution in [0.1, 0.15) is 34.7 Å². The highest BCUT2D eigenvalue weighted by molar-refractivity contribution is 5.78. The third-order valence-corrected chi connectivity index (χ3v) is 4.25. The van der Waals surface area contributed by atoms with Gasteiger partial charge in [0.05, 0.1) is 12.6 Å². The fourth-order valence-electron chi connectivity index (χ4n) is 3.26. The molecule has 1 aliphatic rings. The largest absolute Gasteiger partial charge is 0.493 e. The van der Waals surface area contributed by atoms with Gasteiger partial charge < -0.3 is 14.8 Å². The van der Waals surface area contributed by atoms with E-state index < -0.39 is 0 Å². The fraction of sp³-hybridized carbons (Fsp3) is 0.350. The molecule has 1 atom stereocenters. The van der Waals surface area contributed by atoms with E-state index in [1.165, 1.54) is 5.56 Å². The average molecular weight is 325 g/mol. The monoisotopic (exact) mass is 325 g/mol. The number of amides is 1. The van der Waals surface area contributed by atoms with Crippen molar-refractivity contribution in [2.75, 3.05) is 13.2 Å². The molecule has 0 spiro atoms. The average Bonchev–Trinajstić information content (AvgIpc) is 2.54. The summed E-state index contributed by atoms with van der Waals surface area (Å²) in [6.45, 7) is 6.69. The minimum atomic E-state index is -0.115. The zero-order valence-electron chi connectivity index (χ0n) is 14.4. The molecule has 0 fully saturated rings. The molecule has 4 nitrogen and oxygen atoms in total. The molecule has 1 heterocycles. The zero-order chi connectivity index (χ0) is 17.1. The van der Waals surface area contributed by atoms with Gasteiger partial charge in [-0.2, -0.15) is 0 Å². The summed E-state index contributed by atoms with van der Waals surface area (Å²) in [4.78, 5) is 12.3. The lowest BCUT2D eigenvalue weighted by Crippen LogP contribution is -2.35. The molecule has 1 amide bonds. The molecule has 2 aromatic carbocycles. The summed E-state index contributed by atoms with van der Waals surface area (Å²) in [6, 6.07) is 11.9. The van der Waals surface area contributed by atoms with E-state index in [-0.39, 0.29) is 18.6 Å². The molecule has 24 heavy (non-hydrogen) atoms. The van der Waals surface area contributed by atoms with Crippen molar-refractivity contribution < 1.29 is 14.3 Å². The molecule has 4 heteroatoms. The molecule has 0 aliphatic carbocycles. The second-order valence-corrected chi connectivity index (χ2v) is 6.31. The Morgan fingerprint density at radius 2 is 1.92 bits per heavy atom. The maximum absolute atomic E-state index is 12.3. The van der Waals surface area contributed by atoms with Crippen molar-refractivity contribution in [2.24, 2.45) is 0 Å². The second kappa shape index (κ2) is 6.95. The number of carbonyl (C=O) groups is 1. The summed E-state index contributed by atoms with van der Waals surface area (Å²) in [5.74, 6) is 1.53. The Balaban J connectivity index is 1.63. The van der Waals surface area contributed by atoms with Crippen LogP contribution in [-0.4, -0.2) is 19.1 Å². The second-order valence-electron chi connectivity index (χ2n) is 6.31. The number of hydrogen-bond donors (Lipinski definition) is 1. The van der Waals surface area contributed by atoms with E-state index in [0.29, 0.717) is 6.61 Å². The molecule has 0 aromatic heterocycles. The van der Waals surface area contributed by atoms with Crippen LogP contribution in [0.4, 0.5) is 0 Å². The van der Waals surface area contributed by atoms with Crippen LogP contribution in [-0.2, 0) is 4.79 Å². The Hall–Kier alpha value is -2.49. The third-order valence-electron chi connectivity index (χ3n) is 4.25. The van der Waals surface area contributed by atoms with Crippen LogP contribution in [0.25, 0.3) is 0 Å². The molecule has 0 radical (unpaired) electrons. The smallest absolute Gasteiger partial charge is 0.258 e. The number of nitrogens with one attached hydrogen (secondary N) is 1. The minimum Gasteiger partial charge on any atom is -0.493 e. The molecular formula is C20H23NO3. The van der Waals surface area contributed by atoms with E-state index in [1.54, 1.807) is 0 Å². The summed E-state index contributed by atoms with van der Waals surface area (Å²) < 4.78 is 11.4. The molecular weight excluding hydrogens is 302 g/mol. The third kappa shape index (κ3) is 3.53. The Labute approximate surface area is 142 Å². The van der Waals surface area contributed by atoms with E-state index in [4.69, 9.17) is 9.47 Å².